The Kier molecular flexibility index (Phi) is 6.67. The Labute approximate surface area is 190 Å². The Morgan fingerprint density at radius 2 is 1.85 bits per heavy atom. The van der Waals surface area contributed by atoms with Crippen molar-refractivity contribution in [1.29, 1.82) is 0 Å². The van der Waals surface area contributed by atoms with Crippen molar-refractivity contribution in [2.75, 3.05) is 32.8 Å². The zero-order chi connectivity index (χ0) is 23.4. The predicted molar refractivity (Wildman–Crippen MR) is 118 cm³/mol. The number of rotatable bonds is 8. The van der Waals surface area contributed by atoms with E-state index >= 15 is 0 Å². The van der Waals surface area contributed by atoms with Crippen molar-refractivity contribution in [1.82, 2.24) is 19.3 Å². The molecule has 1 saturated heterocycles. The molecule has 0 spiro atoms. The summed E-state index contributed by atoms with van der Waals surface area (Å²) >= 11 is 0. The van der Waals surface area contributed by atoms with Crippen LogP contribution in [0.4, 0.5) is 5.69 Å². The molecule has 174 valence electrons. The van der Waals surface area contributed by atoms with Gasteiger partial charge in [-0.25, -0.2) is 8.42 Å². The van der Waals surface area contributed by atoms with Crippen LogP contribution in [0.1, 0.15) is 12.8 Å². The summed E-state index contributed by atoms with van der Waals surface area (Å²) in [6.45, 7) is 4.35. The maximum Gasteiger partial charge on any atom is 0.270 e. The molecule has 1 aliphatic heterocycles. The van der Waals surface area contributed by atoms with Gasteiger partial charge in [0.2, 0.25) is 21.7 Å². The lowest BCUT2D eigenvalue weighted by molar-refractivity contribution is -0.385. The second kappa shape index (κ2) is 9.65. The summed E-state index contributed by atoms with van der Waals surface area (Å²) in [7, 11) is -3.81. The quantitative estimate of drug-likeness (QED) is 0.357. The van der Waals surface area contributed by atoms with Crippen LogP contribution in [0.3, 0.4) is 0 Å². The van der Waals surface area contributed by atoms with E-state index in [2.05, 4.69) is 10.1 Å². The summed E-state index contributed by atoms with van der Waals surface area (Å²) in [4.78, 5) is 16.7. The first-order chi connectivity index (χ1) is 15.9. The summed E-state index contributed by atoms with van der Waals surface area (Å²) in [6.07, 6.45) is 0. The number of non-ortho nitro benzene ring substituents is 1. The fourth-order valence-corrected chi connectivity index (χ4v) is 4.99. The van der Waals surface area contributed by atoms with Gasteiger partial charge >= 0.3 is 0 Å². The standard InChI is InChI=1S/C21H23N5O6S/c1-2-31-18-8-6-16(7-9-18)21-22-20(32-23-21)15-24-10-12-25(13-11-24)33(29,30)19-5-3-4-17(14-19)26(27)28/h3-9,14H,2,10-13,15H2,1H3. The minimum atomic E-state index is -3.81. The van der Waals surface area contributed by atoms with E-state index in [1.165, 1.54) is 22.5 Å². The second-order valence-corrected chi connectivity index (χ2v) is 9.34. The van der Waals surface area contributed by atoms with Crippen molar-refractivity contribution in [2.24, 2.45) is 0 Å². The minimum absolute atomic E-state index is 0.0814. The lowest BCUT2D eigenvalue weighted by atomic mass is 10.2. The van der Waals surface area contributed by atoms with E-state index in [9.17, 15) is 18.5 Å². The number of sulfonamides is 1. The fourth-order valence-electron chi connectivity index (χ4n) is 3.53. The van der Waals surface area contributed by atoms with Gasteiger partial charge in [0.1, 0.15) is 5.75 Å². The number of nitrogens with zero attached hydrogens (tertiary/aromatic N) is 5. The van der Waals surface area contributed by atoms with Gasteiger partial charge in [-0.15, -0.1) is 0 Å². The van der Waals surface area contributed by atoms with Gasteiger partial charge < -0.3 is 9.26 Å². The first-order valence-electron chi connectivity index (χ1n) is 10.4. The van der Waals surface area contributed by atoms with Crippen LogP contribution in [0.2, 0.25) is 0 Å². The van der Waals surface area contributed by atoms with Gasteiger partial charge in [0.15, 0.2) is 0 Å². The predicted octanol–water partition coefficient (Wildman–Crippen LogP) is 2.55. The molecule has 0 radical (unpaired) electrons. The third kappa shape index (κ3) is 5.18. The van der Waals surface area contributed by atoms with Crippen molar-refractivity contribution < 1.29 is 22.6 Å². The number of nitro groups is 1. The molecular weight excluding hydrogens is 450 g/mol. The molecule has 1 aliphatic rings. The molecule has 0 aliphatic carbocycles. The first kappa shape index (κ1) is 22.8. The Morgan fingerprint density at radius 1 is 1.12 bits per heavy atom. The van der Waals surface area contributed by atoms with Crippen LogP contribution in [0.25, 0.3) is 11.4 Å². The third-order valence-electron chi connectivity index (χ3n) is 5.25. The lowest BCUT2D eigenvalue weighted by Crippen LogP contribution is -2.48. The normalized spacial score (nSPS) is 15.4. The SMILES string of the molecule is CCOc1ccc(-c2noc(CN3CCN(S(=O)(=O)c4cccc([N+](=O)[O-])c4)CC3)n2)cc1. The monoisotopic (exact) mass is 473 g/mol. The highest BCUT2D eigenvalue weighted by atomic mass is 32.2. The number of aromatic nitrogens is 2. The van der Waals surface area contributed by atoms with Gasteiger partial charge in [0, 0.05) is 43.9 Å². The molecule has 0 saturated carbocycles. The average molecular weight is 474 g/mol. The first-order valence-corrected chi connectivity index (χ1v) is 11.8. The molecule has 1 aromatic heterocycles. The van der Waals surface area contributed by atoms with Crippen molar-refractivity contribution in [3.05, 3.63) is 64.5 Å². The van der Waals surface area contributed by atoms with Crippen LogP contribution in [-0.2, 0) is 16.6 Å². The molecule has 33 heavy (non-hydrogen) atoms. The number of nitro benzene ring substituents is 1. The summed E-state index contributed by atoms with van der Waals surface area (Å²) in [6, 6.07) is 12.5. The fraction of sp³-hybridized carbons (Fsp3) is 0.333. The summed E-state index contributed by atoms with van der Waals surface area (Å²) in [5, 5.41) is 15.0. The highest BCUT2D eigenvalue weighted by Gasteiger charge is 2.30. The summed E-state index contributed by atoms with van der Waals surface area (Å²) in [5.74, 6) is 1.68. The Balaban J connectivity index is 1.36. The molecule has 0 N–H and O–H groups in total. The minimum Gasteiger partial charge on any atom is -0.494 e. The Morgan fingerprint density at radius 3 is 2.52 bits per heavy atom. The van der Waals surface area contributed by atoms with Gasteiger partial charge in [-0.05, 0) is 37.3 Å². The Hall–Kier alpha value is -3.35. The third-order valence-corrected chi connectivity index (χ3v) is 7.14. The van der Waals surface area contributed by atoms with Crippen LogP contribution in [0.15, 0.2) is 57.9 Å². The molecule has 4 rings (SSSR count). The highest BCUT2D eigenvalue weighted by molar-refractivity contribution is 7.89. The summed E-state index contributed by atoms with van der Waals surface area (Å²) < 4.78 is 37.9. The van der Waals surface area contributed by atoms with E-state index in [4.69, 9.17) is 9.26 Å². The maximum absolute atomic E-state index is 12.9. The molecule has 0 atom stereocenters. The lowest BCUT2D eigenvalue weighted by Gasteiger charge is -2.33. The van der Waals surface area contributed by atoms with E-state index in [-0.39, 0.29) is 23.7 Å². The van der Waals surface area contributed by atoms with E-state index in [1.807, 2.05) is 36.1 Å². The topological polar surface area (TPSA) is 132 Å². The molecule has 2 heterocycles. The van der Waals surface area contributed by atoms with Gasteiger partial charge in [-0.3, -0.25) is 15.0 Å². The highest BCUT2D eigenvalue weighted by Crippen LogP contribution is 2.23. The number of hydrogen-bond acceptors (Lipinski definition) is 9. The maximum atomic E-state index is 12.9. The molecule has 11 nitrogen and oxygen atoms in total. The molecule has 0 bridgehead atoms. The van der Waals surface area contributed by atoms with Gasteiger partial charge in [-0.1, -0.05) is 11.2 Å². The van der Waals surface area contributed by atoms with Gasteiger partial charge in [0.05, 0.1) is 23.0 Å². The molecule has 0 amide bonds. The molecule has 3 aromatic rings. The molecule has 2 aromatic carbocycles. The number of ether oxygens (including phenoxy) is 1. The zero-order valence-electron chi connectivity index (χ0n) is 18.0. The number of benzene rings is 2. The van der Waals surface area contributed by atoms with E-state index < -0.39 is 14.9 Å². The largest absolute Gasteiger partial charge is 0.494 e. The zero-order valence-corrected chi connectivity index (χ0v) is 18.8. The van der Waals surface area contributed by atoms with Crippen molar-refractivity contribution in [3.8, 4) is 17.1 Å². The van der Waals surface area contributed by atoms with Crippen LogP contribution in [0.5, 0.6) is 5.75 Å². The average Bonchev–Trinajstić information content (AvgIpc) is 3.28. The van der Waals surface area contributed by atoms with Gasteiger partial charge in [0.25, 0.3) is 5.69 Å². The Bertz CT molecular complexity index is 1220. The number of piperazine rings is 1. The molecular formula is C21H23N5O6S. The molecule has 0 unspecified atom stereocenters. The van der Waals surface area contributed by atoms with E-state index in [0.717, 1.165) is 17.4 Å². The van der Waals surface area contributed by atoms with Crippen molar-refractivity contribution in [2.45, 2.75) is 18.4 Å². The second-order valence-electron chi connectivity index (χ2n) is 7.40. The van der Waals surface area contributed by atoms with Crippen molar-refractivity contribution in [3.63, 3.8) is 0 Å². The molecule has 12 heteroatoms. The number of hydrogen-bond donors (Lipinski definition) is 0. The van der Waals surface area contributed by atoms with Crippen LogP contribution >= 0.6 is 0 Å². The van der Waals surface area contributed by atoms with E-state index in [0.29, 0.717) is 38.0 Å². The van der Waals surface area contributed by atoms with Crippen LogP contribution < -0.4 is 4.74 Å². The van der Waals surface area contributed by atoms with Gasteiger partial charge in [-0.2, -0.15) is 9.29 Å². The van der Waals surface area contributed by atoms with Crippen molar-refractivity contribution >= 4 is 15.7 Å². The molecule has 1 fully saturated rings. The van der Waals surface area contributed by atoms with E-state index in [1.54, 1.807) is 0 Å². The smallest absolute Gasteiger partial charge is 0.270 e. The van der Waals surface area contributed by atoms with Crippen LogP contribution in [-0.4, -0.2) is 65.5 Å². The van der Waals surface area contributed by atoms with Crippen LogP contribution in [0, 0.1) is 10.1 Å². The summed E-state index contributed by atoms with van der Waals surface area (Å²) in [5.41, 5.74) is 0.552.